The monoisotopic (exact) mass is 357 g/mol. The van der Waals surface area contributed by atoms with E-state index in [0.29, 0.717) is 10.8 Å². The van der Waals surface area contributed by atoms with Gasteiger partial charge in [0.1, 0.15) is 12.2 Å². The predicted octanol–water partition coefficient (Wildman–Crippen LogP) is 1.89. The Labute approximate surface area is 146 Å². The van der Waals surface area contributed by atoms with E-state index in [9.17, 15) is 19.7 Å². The van der Waals surface area contributed by atoms with Crippen molar-refractivity contribution in [3.8, 4) is 0 Å². The number of nitro groups is 1. The van der Waals surface area contributed by atoms with E-state index in [1.54, 1.807) is 30.3 Å². The molecule has 2 aromatic carbocycles. The molecular weight excluding hydrogens is 346 g/mol. The number of nitrogens with one attached hydrogen (secondary N) is 1. The van der Waals surface area contributed by atoms with Gasteiger partial charge < -0.3 is 10.4 Å². The zero-order chi connectivity index (χ0) is 18.1. The van der Waals surface area contributed by atoms with E-state index in [1.807, 2.05) is 0 Å². The van der Waals surface area contributed by atoms with E-state index in [0.717, 1.165) is 4.90 Å². The summed E-state index contributed by atoms with van der Waals surface area (Å²) in [5, 5.41) is 24.0. The fraction of sp³-hybridized carbons (Fsp3) is 0.0625. The molecule has 0 aliphatic carbocycles. The third-order valence-electron chi connectivity index (χ3n) is 3.67. The largest absolute Gasteiger partial charge is 0.480 e. The van der Waals surface area contributed by atoms with Crippen molar-refractivity contribution in [1.29, 1.82) is 0 Å². The van der Waals surface area contributed by atoms with E-state index < -0.39 is 23.3 Å². The van der Waals surface area contributed by atoms with Crippen LogP contribution in [0.3, 0.4) is 0 Å². The van der Waals surface area contributed by atoms with Gasteiger partial charge in [-0.1, -0.05) is 24.3 Å². The minimum atomic E-state index is -1.21. The Kier molecular flexibility index (Phi) is 4.15. The lowest BCUT2D eigenvalue weighted by atomic mass is 10.0. The van der Waals surface area contributed by atoms with E-state index in [1.165, 1.54) is 12.1 Å². The second-order valence-electron chi connectivity index (χ2n) is 5.25. The summed E-state index contributed by atoms with van der Waals surface area (Å²) < 4.78 is 0. The smallest absolute Gasteiger partial charge is 0.323 e. The average molecular weight is 357 g/mol. The Morgan fingerprint density at radius 3 is 2.72 bits per heavy atom. The molecule has 0 spiro atoms. The standard InChI is InChI=1S/C16H11N3O5S/c20-13(21)8-18-15(22)12(17-16(18)25)7-10-6-5-9-3-1-2-4-11(9)14(10)19(23)24/h1-7H,8H2,(H,17,25)(H,20,21)/b12-7+. The average Bonchev–Trinajstić information content (AvgIpc) is 2.81. The molecule has 3 rings (SSSR count). The van der Waals surface area contributed by atoms with Crippen molar-refractivity contribution in [2.75, 3.05) is 6.54 Å². The maximum Gasteiger partial charge on any atom is 0.323 e. The number of nitro benzene ring substituents is 1. The van der Waals surface area contributed by atoms with Gasteiger partial charge in [-0.3, -0.25) is 24.6 Å². The maximum absolute atomic E-state index is 12.3. The Morgan fingerprint density at radius 2 is 2.04 bits per heavy atom. The molecule has 1 saturated heterocycles. The first-order chi connectivity index (χ1) is 11.9. The summed E-state index contributed by atoms with van der Waals surface area (Å²) in [7, 11) is 0. The summed E-state index contributed by atoms with van der Waals surface area (Å²) in [5.41, 5.74) is 0.0759. The Balaban J connectivity index is 2.09. The van der Waals surface area contributed by atoms with Gasteiger partial charge in [0.05, 0.1) is 15.9 Å². The summed E-state index contributed by atoms with van der Waals surface area (Å²) in [4.78, 5) is 35.0. The predicted molar refractivity (Wildman–Crippen MR) is 93.7 cm³/mol. The van der Waals surface area contributed by atoms with Crippen LogP contribution in [0.25, 0.3) is 16.8 Å². The lowest BCUT2D eigenvalue weighted by Gasteiger charge is -2.09. The molecule has 1 aliphatic rings. The van der Waals surface area contributed by atoms with Gasteiger partial charge >= 0.3 is 5.97 Å². The second-order valence-corrected chi connectivity index (χ2v) is 5.64. The summed E-state index contributed by atoms with van der Waals surface area (Å²) in [6, 6.07) is 10.1. The molecule has 1 amide bonds. The number of carboxylic acids is 1. The Bertz CT molecular complexity index is 969. The molecule has 0 unspecified atom stereocenters. The first-order valence-corrected chi connectivity index (χ1v) is 7.52. The van der Waals surface area contributed by atoms with Gasteiger partial charge in [-0.15, -0.1) is 0 Å². The van der Waals surface area contributed by atoms with Crippen LogP contribution in [-0.4, -0.2) is 38.5 Å². The van der Waals surface area contributed by atoms with Crippen LogP contribution < -0.4 is 5.32 Å². The van der Waals surface area contributed by atoms with E-state index >= 15 is 0 Å². The number of hydrogen-bond acceptors (Lipinski definition) is 5. The van der Waals surface area contributed by atoms with Crippen molar-refractivity contribution in [1.82, 2.24) is 10.2 Å². The molecule has 0 atom stereocenters. The summed E-state index contributed by atoms with van der Waals surface area (Å²) in [6.45, 7) is -0.582. The highest BCUT2D eigenvalue weighted by molar-refractivity contribution is 7.80. The number of nitrogens with zero attached hydrogens (tertiary/aromatic N) is 2. The first kappa shape index (κ1) is 16.5. The number of aliphatic carboxylic acids is 1. The topological polar surface area (TPSA) is 113 Å². The normalized spacial score (nSPS) is 15.7. The molecule has 2 N–H and O–H groups in total. The Morgan fingerprint density at radius 1 is 1.32 bits per heavy atom. The first-order valence-electron chi connectivity index (χ1n) is 7.11. The zero-order valence-corrected chi connectivity index (χ0v) is 13.4. The molecule has 0 saturated carbocycles. The highest BCUT2D eigenvalue weighted by Gasteiger charge is 2.32. The molecule has 1 aliphatic heterocycles. The maximum atomic E-state index is 12.3. The van der Waals surface area contributed by atoms with Crippen LogP contribution in [0.5, 0.6) is 0 Å². The number of rotatable bonds is 4. The van der Waals surface area contributed by atoms with Gasteiger partial charge in [0.25, 0.3) is 11.6 Å². The molecule has 1 fully saturated rings. The number of hydrogen-bond donors (Lipinski definition) is 2. The van der Waals surface area contributed by atoms with E-state index in [4.69, 9.17) is 17.3 Å². The number of carbonyl (C=O) groups excluding carboxylic acids is 1. The van der Waals surface area contributed by atoms with Crippen molar-refractivity contribution < 1.29 is 19.6 Å². The molecule has 8 nitrogen and oxygen atoms in total. The van der Waals surface area contributed by atoms with Crippen molar-refractivity contribution in [3.05, 3.63) is 57.8 Å². The van der Waals surface area contributed by atoms with Crippen LogP contribution in [0.1, 0.15) is 5.56 Å². The highest BCUT2D eigenvalue weighted by atomic mass is 32.1. The number of amides is 1. The molecule has 0 bridgehead atoms. The third kappa shape index (κ3) is 3.04. The van der Waals surface area contributed by atoms with Crippen LogP contribution in [-0.2, 0) is 9.59 Å². The van der Waals surface area contributed by atoms with Gasteiger partial charge in [-0.25, -0.2) is 0 Å². The van der Waals surface area contributed by atoms with Crippen LogP contribution in [0, 0.1) is 10.1 Å². The fourth-order valence-corrected chi connectivity index (χ4v) is 2.86. The molecule has 0 radical (unpaired) electrons. The number of thiocarbonyl (C=S) groups is 1. The molecule has 25 heavy (non-hydrogen) atoms. The Hall–Kier alpha value is -3.33. The minimum absolute atomic E-state index is 0.00960. The lowest BCUT2D eigenvalue weighted by Crippen LogP contribution is -2.35. The van der Waals surface area contributed by atoms with Crippen LogP contribution in [0.4, 0.5) is 5.69 Å². The van der Waals surface area contributed by atoms with Gasteiger partial charge in [0, 0.05) is 0 Å². The number of fused-ring (bicyclic) bond motifs is 1. The van der Waals surface area contributed by atoms with Crippen molar-refractivity contribution >= 4 is 51.7 Å². The summed E-state index contributed by atoms with van der Waals surface area (Å²) in [6.07, 6.45) is 1.31. The molecular formula is C16H11N3O5S. The number of carbonyl (C=O) groups is 2. The fourth-order valence-electron chi connectivity index (χ4n) is 2.60. The van der Waals surface area contributed by atoms with E-state index in [2.05, 4.69) is 5.32 Å². The number of benzene rings is 2. The van der Waals surface area contributed by atoms with Crippen molar-refractivity contribution in [3.63, 3.8) is 0 Å². The molecule has 1 heterocycles. The lowest BCUT2D eigenvalue weighted by molar-refractivity contribution is -0.383. The van der Waals surface area contributed by atoms with Gasteiger partial charge in [0.2, 0.25) is 0 Å². The summed E-state index contributed by atoms with van der Waals surface area (Å²) >= 11 is 4.95. The van der Waals surface area contributed by atoms with Crippen LogP contribution >= 0.6 is 12.2 Å². The molecule has 126 valence electrons. The SMILES string of the molecule is O=C(O)CN1C(=O)/C(=C\c2ccc3ccccc3c2[N+](=O)[O-])NC1=S. The van der Waals surface area contributed by atoms with E-state index in [-0.39, 0.29) is 22.1 Å². The van der Waals surface area contributed by atoms with Crippen molar-refractivity contribution in [2.24, 2.45) is 0 Å². The molecule has 9 heteroatoms. The highest BCUT2D eigenvalue weighted by Crippen LogP contribution is 2.31. The minimum Gasteiger partial charge on any atom is -0.480 e. The number of carboxylic acid groups (broad SMARTS) is 1. The van der Waals surface area contributed by atoms with Crippen LogP contribution in [0.15, 0.2) is 42.1 Å². The third-order valence-corrected chi connectivity index (χ3v) is 3.99. The zero-order valence-electron chi connectivity index (χ0n) is 12.6. The van der Waals surface area contributed by atoms with Gasteiger partial charge in [-0.05, 0) is 35.8 Å². The van der Waals surface area contributed by atoms with Crippen molar-refractivity contribution in [2.45, 2.75) is 0 Å². The molecule has 2 aromatic rings. The van der Waals surface area contributed by atoms with Gasteiger partial charge in [0.15, 0.2) is 5.11 Å². The second kappa shape index (κ2) is 6.29. The van der Waals surface area contributed by atoms with Crippen LogP contribution in [0.2, 0.25) is 0 Å². The summed E-state index contributed by atoms with van der Waals surface area (Å²) in [5.74, 6) is -1.86. The van der Waals surface area contributed by atoms with Gasteiger partial charge in [-0.2, -0.15) is 0 Å². The molecule has 0 aromatic heterocycles. The quantitative estimate of drug-likeness (QED) is 0.372.